The quantitative estimate of drug-likeness (QED) is 0.845. The lowest BCUT2D eigenvalue weighted by atomic mass is 10.2. The number of halogens is 1. The van der Waals surface area contributed by atoms with E-state index in [0.29, 0.717) is 24.6 Å². The topological polar surface area (TPSA) is 65.2 Å². The summed E-state index contributed by atoms with van der Waals surface area (Å²) in [6.07, 6.45) is 0.883. The van der Waals surface area contributed by atoms with E-state index in [1.54, 1.807) is 7.11 Å². The molecule has 0 atom stereocenters. The molecule has 0 saturated heterocycles. The van der Waals surface area contributed by atoms with Crippen molar-refractivity contribution in [2.75, 3.05) is 7.11 Å². The van der Waals surface area contributed by atoms with Gasteiger partial charge in [-0.25, -0.2) is 0 Å². The van der Waals surface area contributed by atoms with Crippen LogP contribution in [0, 0.1) is 0 Å². The van der Waals surface area contributed by atoms with Gasteiger partial charge in [0.25, 0.3) is 0 Å². The number of methoxy groups -OCH3 is 1. The van der Waals surface area contributed by atoms with Gasteiger partial charge >= 0.3 is 0 Å². The van der Waals surface area contributed by atoms with Crippen LogP contribution >= 0.6 is 15.9 Å². The number of ketones is 1. The Bertz CT molecular complexity index is 595. The molecule has 1 aromatic carbocycles. The molecule has 0 aliphatic heterocycles. The summed E-state index contributed by atoms with van der Waals surface area (Å²) in [7, 11) is 1.61. The van der Waals surface area contributed by atoms with Crippen molar-refractivity contribution in [2.45, 2.75) is 19.8 Å². The highest BCUT2D eigenvalue weighted by Gasteiger charge is 2.11. The van der Waals surface area contributed by atoms with E-state index in [1.165, 1.54) is 6.92 Å². The largest absolute Gasteiger partial charge is 0.496 e. The van der Waals surface area contributed by atoms with E-state index in [1.807, 2.05) is 18.2 Å². The van der Waals surface area contributed by atoms with E-state index in [9.17, 15) is 4.79 Å². The molecule has 0 amide bonds. The smallest absolute Gasteiger partial charge is 0.227 e. The van der Waals surface area contributed by atoms with Gasteiger partial charge in [-0.05, 0) is 41.1 Å². The molecule has 1 aromatic heterocycles. The normalized spacial score (nSPS) is 10.5. The Morgan fingerprint density at radius 1 is 1.47 bits per heavy atom. The third-order valence-corrected chi connectivity index (χ3v) is 3.19. The van der Waals surface area contributed by atoms with Crippen LogP contribution in [0.3, 0.4) is 0 Å². The van der Waals surface area contributed by atoms with Crippen molar-refractivity contribution >= 4 is 21.7 Å². The fourth-order valence-corrected chi connectivity index (χ4v) is 2.10. The highest BCUT2D eigenvalue weighted by atomic mass is 79.9. The summed E-state index contributed by atoms with van der Waals surface area (Å²) in [6.45, 7) is 1.54. The lowest BCUT2D eigenvalue weighted by Gasteiger charge is -2.03. The van der Waals surface area contributed by atoms with Crippen molar-refractivity contribution in [3.8, 4) is 17.1 Å². The van der Waals surface area contributed by atoms with E-state index in [-0.39, 0.29) is 5.78 Å². The minimum atomic E-state index is 0.104. The monoisotopic (exact) mass is 324 g/mol. The van der Waals surface area contributed by atoms with Crippen LogP contribution in [-0.2, 0) is 11.2 Å². The average Bonchev–Trinajstić information content (AvgIpc) is 2.85. The first-order valence-corrected chi connectivity index (χ1v) is 6.55. The van der Waals surface area contributed by atoms with Gasteiger partial charge in [0.2, 0.25) is 11.7 Å². The molecule has 0 aliphatic carbocycles. The van der Waals surface area contributed by atoms with Crippen LogP contribution in [0.15, 0.2) is 27.2 Å². The number of benzene rings is 1. The molecular formula is C13H13BrN2O3. The summed E-state index contributed by atoms with van der Waals surface area (Å²) in [6, 6.07) is 5.53. The van der Waals surface area contributed by atoms with Gasteiger partial charge in [0.15, 0.2) is 0 Å². The van der Waals surface area contributed by atoms with Gasteiger partial charge in [-0.1, -0.05) is 5.16 Å². The van der Waals surface area contributed by atoms with Gasteiger partial charge in [0.1, 0.15) is 11.5 Å². The summed E-state index contributed by atoms with van der Waals surface area (Å²) in [4.78, 5) is 15.2. The number of Topliss-reactive ketones (excluding diaryl/α,β-unsaturated/α-hetero) is 1. The Balaban J connectivity index is 2.18. The summed E-state index contributed by atoms with van der Waals surface area (Å²) in [5.41, 5.74) is 0.825. The first-order valence-electron chi connectivity index (χ1n) is 5.76. The number of nitrogens with zero attached hydrogens (tertiary/aromatic N) is 2. The minimum Gasteiger partial charge on any atom is -0.496 e. The highest BCUT2D eigenvalue weighted by molar-refractivity contribution is 9.10. The SMILES string of the molecule is COc1ccc(-c2noc(CCC(C)=O)n2)cc1Br. The fraction of sp³-hybridized carbons (Fsp3) is 0.308. The van der Waals surface area contributed by atoms with E-state index in [4.69, 9.17) is 9.26 Å². The molecule has 0 spiro atoms. The molecule has 0 aliphatic rings. The summed E-state index contributed by atoms with van der Waals surface area (Å²) in [5, 5.41) is 3.90. The molecule has 0 fully saturated rings. The lowest BCUT2D eigenvalue weighted by Crippen LogP contribution is -1.94. The van der Waals surface area contributed by atoms with Gasteiger partial charge in [0.05, 0.1) is 11.6 Å². The predicted molar refractivity (Wildman–Crippen MR) is 73.0 cm³/mol. The van der Waals surface area contributed by atoms with Gasteiger partial charge in [-0.3, -0.25) is 0 Å². The second-order valence-electron chi connectivity index (χ2n) is 4.06. The van der Waals surface area contributed by atoms with E-state index in [0.717, 1.165) is 15.8 Å². The highest BCUT2D eigenvalue weighted by Crippen LogP contribution is 2.29. The number of carbonyl (C=O) groups excluding carboxylic acids is 1. The maximum atomic E-state index is 10.9. The molecule has 0 unspecified atom stereocenters. The zero-order chi connectivity index (χ0) is 13.8. The minimum absolute atomic E-state index is 0.104. The zero-order valence-corrected chi connectivity index (χ0v) is 12.2. The number of hydrogen-bond donors (Lipinski definition) is 0. The molecule has 0 saturated carbocycles. The molecule has 100 valence electrons. The van der Waals surface area contributed by atoms with Crippen LogP contribution < -0.4 is 4.74 Å². The number of hydrogen-bond acceptors (Lipinski definition) is 5. The first kappa shape index (κ1) is 13.7. The number of ether oxygens (including phenoxy) is 1. The molecule has 5 nitrogen and oxygen atoms in total. The maximum Gasteiger partial charge on any atom is 0.227 e. The number of aryl methyl sites for hydroxylation is 1. The molecule has 2 rings (SSSR count). The van der Waals surface area contributed by atoms with Gasteiger partial charge in [-0.15, -0.1) is 0 Å². The van der Waals surface area contributed by atoms with Crippen LogP contribution in [0.5, 0.6) is 5.75 Å². The van der Waals surface area contributed by atoms with Crippen LogP contribution in [0.1, 0.15) is 19.2 Å². The second kappa shape index (κ2) is 5.97. The fourth-order valence-electron chi connectivity index (χ4n) is 1.56. The summed E-state index contributed by atoms with van der Waals surface area (Å²) >= 11 is 3.41. The Labute approximate surface area is 119 Å². The van der Waals surface area contributed by atoms with Crippen LogP contribution in [0.25, 0.3) is 11.4 Å². The Morgan fingerprint density at radius 3 is 2.89 bits per heavy atom. The Hall–Kier alpha value is -1.69. The molecular weight excluding hydrogens is 312 g/mol. The van der Waals surface area contributed by atoms with E-state index < -0.39 is 0 Å². The van der Waals surface area contributed by atoms with E-state index in [2.05, 4.69) is 26.1 Å². The van der Waals surface area contributed by atoms with Gasteiger partial charge < -0.3 is 14.1 Å². The average molecular weight is 325 g/mol. The van der Waals surface area contributed by atoms with Gasteiger partial charge in [-0.2, -0.15) is 4.98 Å². The summed E-state index contributed by atoms with van der Waals surface area (Å²) < 4.78 is 11.1. The molecule has 0 N–H and O–H groups in total. The van der Waals surface area contributed by atoms with Crippen LogP contribution in [-0.4, -0.2) is 23.0 Å². The Morgan fingerprint density at radius 2 is 2.26 bits per heavy atom. The predicted octanol–water partition coefficient (Wildman–Crippen LogP) is 3.03. The molecule has 6 heteroatoms. The number of carbonyl (C=O) groups is 1. The molecule has 0 bridgehead atoms. The van der Waals surface area contributed by atoms with E-state index >= 15 is 0 Å². The third-order valence-electron chi connectivity index (χ3n) is 2.57. The third kappa shape index (κ3) is 3.41. The number of aromatic nitrogens is 2. The van der Waals surface area contributed by atoms with Crippen LogP contribution in [0.4, 0.5) is 0 Å². The van der Waals surface area contributed by atoms with Crippen LogP contribution in [0.2, 0.25) is 0 Å². The van der Waals surface area contributed by atoms with Crippen molar-refractivity contribution in [1.29, 1.82) is 0 Å². The molecule has 2 aromatic rings. The molecule has 0 radical (unpaired) electrons. The molecule has 19 heavy (non-hydrogen) atoms. The number of rotatable bonds is 5. The zero-order valence-electron chi connectivity index (χ0n) is 10.6. The second-order valence-corrected chi connectivity index (χ2v) is 4.92. The Kier molecular flexibility index (Phi) is 4.31. The van der Waals surface area contributed by atoms with Crippen molar-refractivity contribution in [3.63, 3.8) is 0 Å². The van der Waals surface area contributed by atoms with Crippen molar-refractivity contribution in [3.05, 3.63) is 28.6 Å². The van der Waals surface area contributed by atoms with Crippen molar-refractivity contribution < 1.29 is 14.1 Å². The summed E-state index contributed by atoms with van der Waals surface area (Å²) in [5.74, 6) is 1.81. The standard InChI is InChI=1S/C13H13BrN2O3/c1-8(17)3-6-12-15-13(16-19-12)9-4-5-11(18-2)10(14)7-9/h4-5,7H,3,6H2,1-2H3. The maximum absolute atomic E-state index is 10.9. The first-order chi connectivity index (χ1) is 9.10. The van der Waals surface area contributed by atoms with Gasteiger partial charge in [0, 0.05) is 18.4 Å². The molecule has 1 heterocycles. The van der Waals surface area contributed by atoms with Crippen molar-refractivity contribution in [2.24, 2.45) is 0 Å². The lowest BCUT2D eigenvalue weighted by molar-refractivity contribution is -0.117. The van der Waals surface area contributed by atoms with Crippen molar-refractivity contribution in [1.82, 2.24) is 10.1 Å².